The molecule has 0 aliphatic carbocycles. The molecule has 0 aromatic heterocycles. The van der Waals surface area contributed by atoms with E-state index in [1.807, 2.05) is 18.2 Å². The lowest BCUT2D eigenvalue weighted by atomic mass is 10.1. The highest BCUT2D eigenvalue weighted by Gasteiger charge is 2.18. The van der Waals surface area contributed by atoms with Gasteiger partial charge in [-0.3, -0.25) is 5.32 Å². The van der Waals surface area contributed by atoms with Crippen molar-refractivity contribution >= 4 is 11.6 Å². The Balaban J connectivity index is 1.98. The van der Waals surface area contributed by atoms with Crippen molar-refractivity contribution < 1.29 is 0 Å². The van der Waals surface area contributed by atoms with Gasteiger partial charge in [-0.05, 0) is 37.6 Å². The van der Waals surface area contributed by atoms with Gasteiger partial charge in [0.05, 0.1) is 6.17 Å². The summed E-state index contributed by atoms with van der Waals surface area (Å²) in [6.07, 6.45) is 1.69. The van der Waals surface area contributed by atoms with E-state index in [0.29, 0.717) is 12.2 Å². The summed E-state index contributed by atoms with van der Waals surface area (Å²) in [7, 11) is 0. The van der Waals surface area contributed by atoms with E-state index in [2.05, 4.69) is 23.6 Å². The van der Waals surface area contributed by atoms with Gasteiger partial charge in [0.2, 0.25) is 0 Å². The van der Waals surface area contributed by atoms with E-state index in [-0.39, 0.29) is 0 Å². The smallest absolute Gasteiger partial charge is 0.0588 e. The van der Waals surface area contributed by atoms with Gasteiger partial charge in [0.25, 0.3) is 0 Å². The third-order valence-corrected chi connectivity index (χ3v) is 2.86. The Labute approximate surface area is 89.7 Å². The fourth-order valence-corrected chi connectivity index (χ4v) is 1.80. The zero-order chi connectivity index (χ0) is 9.97. The van der Waals surface area contributed by atoms with Crippen molar-refractivity contribution in [1.82, 2.24) is 10.6 Å². The lowest BCUT2D eigenvalue weighted by Gasteiger charge is -2.31. The van der Waals surface area contributed by atoms with Crippen LogP contribution in [-0.4, -0.2) is 12.7 Å². The Kier molecular flexibility index (Phi) is 3.06. The summed E-state index contributed by atoms with van der Waals surface area (Å²) in [5.41, 5.74) is 1.24. The number of rotatable bonds is 3. The molecular weight excluding hydrogens is 196 g/mol. The maximum absolute atomic E-state index is 5.93. The number of nitrogens with one attached hydrogen (secondary N) is 2. The SMILES string of the molecule is C[C@H](NC1CCN1)c1cccc(Cl)c1. The molecule has 2 atom stereocenters. The van der Waals surface area contributed by atoms with Crippen LogP contribution in [0.4, 0.5) is 0 Å². The van der Waals surface area contributed by atoms with E-state index >= 15 is 0 Å². The molecule has 2 rings (SSSR count). The molecule has 2 nitrogen and oxygen atoms in total. The molecule has 0 saturated carbocycles. The highest BCUT2D eigenvalue weighted by atomic mass is 35.5. The Hall–Kier alpha value is -0.570. The molecule has 2 N–H and O–H groups in total. The van der Waals surface area contributed by atoms with Crippen molar-refractivity contribution in [2.75, 3.05) is 6.54 Å². The Bertz CT molecular complexity index is 310. The average molecular weight is 211 g/mol. The number of hydrogen-bond donors (Lipinski definition) is 2. The van der Waals surface area contributed by atoms with Crippen molar-refractivity contribution in [3.63, 3.8) is 0 Å². The number of halogens is 1. The van der Waals surface area contributed by atoms with Crippen LogP contribution in [0, 0.1) is 0 Å². The zero-order valence-corrected chi connectivity index (χ0v) is 9.01. The maximum atomic E-state index is 5.93. The van der Waals surface area contributed by atoms with E-state index < -0.39 is 0 Å². The molecule has 14 heavy (non-hydrogen) atoms. The molecule has 1 saturated heterocycles. The lowest BCUT2D eigenvalue weighted by Crippen LogP contribution is -2.53. The molecule has 0 spiro atoms. The van der Waals surface area contributed by atoms with Gasteiger partial charge >= 0.3 is 0 Å². The standard InChI is InChI=1S/C11H15ClN2/c1-8(14-11-5-6-13-11)9-3-2-4-10(12)7-9/h2-4,7-8,11,13-14H,5-6H2,1H3/t8-,11?/m0/s1. The molecule has 3 heteroatoms. The minimum atomic E-state index is 0.353. The van der Waals surface area contributed by atoms with Crippen LogP contribution in [0.5, 0.6) is 0 Å². The number of hydrogen-bond acceptors (Lipinski definition) is 2. The van der Waals surface area contributed by atoms with Crippen LogP contribution in [0.15, 0.2) is 24.3 Å². The van der Waals surface area contributed by atoms with Gasteiger partial charge in [0.15, 0.2) is 0 Å². The van der Waals surface area contributed by atoms with E-state index in [0.717, 1.165) is 11.6 Å². The first-order valence-electron chi connectivity index (χ1n) is 5.00. The lowest BCUT2D eigenvalue weighted by molar-refractivity contribution is 0.285. The van der Waals surface area contributed by atoms with Crippen molar-refractivity contribution in [2.24, 2.45) is 0 Å². The Morgan fingerprint density at radius 2 is 2.36 bits per heavy atom. The second kappa shape index (κ2) is 4.30. The van der Waals surface area contributed by atoms with Gasteiger partial charge in [-0.25, -0.2) is 0 Å². The molecule has 1 heterocycles. The average Bonchev–Trinajstić information content (AvgIpc) is 2.11. The van der Waals surface area contributed by atoms with Gasteiger partial charge in [0.1, 0.15) is 0 Å². The predicted octanol–water partition coefficient (Wildman–Crippen LogP) is 2.31. The van der Waals surface area contributed by atoms with Gasteiger partial charge in [0, 0.05) is 11.1 Å². The molecule has 1 aromatic carbocycles. The van der Waals surface area contributed by atoms with Crippen LogP contribution in [0.2, 0.25) is 5.02 Å². The summed E-state index contributed by atoms with van der Waals surface area (Å²) in [6.45, 7) is 3.28. The van der Waals surface area contributed by atoms with Crippen LogP contribution in [0.1, 0.15) is 24.9 Å². The van der Waals surface area contributed by atoms with Crippen molar-refractivity contribution in [3.8, 4) is 0 Å². The largest absolute Gasteiger partial charge is 0.302 e. The first kappa shape index (κ1) is 9.97. The van der Waals surface area contributed by atoms with Gasteiger partial charge in [-0.15, -0.1) is 0 Å². The molecule has 0 radical (unpaired) electrons. The monoisotopic (exact) mass is 210 g/mol. The van der Waals surface area contributed by atoms with Gasteiger partial charge in [-0.1, -0.05) is 23.7 Å². The van der Waals surface area contributed by atoms with Crippen molar-refractivity contribution in [3.05, 3.63) is 34.9 Å². The first-order valence-corrected chi connectivity index (χ1v) is 5.38. The van der Waals surface area contributed by atoms with E-state index in [1.165, 1.54) is 12.0 Å². The molecular formula is C11H15ClN2. The summed E-state index contributed by atoms with van der Waals surface area (Å²) in [4.78, 5) is 0. The van der Waals surface area contributed by atoms with E-state index in [9.17, 15) is 0 Å². The second-order valence-corrected chi connectivity index (χ2v) is 4.18. The highest BCUT2D eigenvalue weighted by molar-refractivity contribution is 6.30. The topological polar surface area (TPSA) is 24.1 Å². The van der Waals surface area contributed by atoms with E-state index in [1.54, 1.807) is 0 Å². The molecule has 1 unspecified atom stereocenters. The minimum Gasteiger partial charge on any atom is -0.302 e. The molecule has 1 fully saturated rings. The van der Waals surface area contributed by atoms with Crippen molar-refractivity contribution in [2.45, 2.75) is 25.6 Å². The normalized spacial score (nSPS) is 22.9. The highest BCUT2D eigenvalue weighted by Crippen LogP contribution is 2.18. The van der Waals surface area contributed by atoms with Crippen LogP contribution >= 0.6 is 11.6 Å². The first-order chi connectivity index (χ1) is 6.75. The van der Waals surface area contributed by atoms with Crippen LogP contribution in [0.3, 0.4) is 0 Å². The maximum Gasteiger partial charge on any atom is 0.0588 e. The quantitative estimate of drug-likeness (QED) is 0.800. The third-order valence-electron chi connectivity index (χ3n) is 2.62. The summed E-state index contributed by atoms with van der Waals surface area (Å²) in [6, 6.07) is 8.36. The van der Waals surface area contributed by atoms with Crippen LogP contribution < -0.4 is 10.6 Å². The third kappa shape index (κ3) is 2.27. The summed E-state index contributed by atoms with van der Waals surface area (Å²) in [5.74, 6) is 0. The van der Waals surface area contributed by atoms with Crippen molar-refractivity contribution in [1.29, 1.82) is 0 Å². The zero-order valence-electron chi connectivity index (χ0n) is 8.26. The molecule has 1 aliphatic rings. The summed E-state index contributed by atoms with van der Waals surface area (Å²) < 4.78 is 0. The molecule has 76 valence electrons. The molecule has 1 aromatic rings. The fraction of sp³-hybridized carbons (Fsp3) is 0.455. The summed E-state index contributed by atoms with van der Waals surface area (Å²) in [5, 5.41) is 7.61. The minimum absolute atomic E-state index is 0.353. The fourth-order valence-electron chi connectivity index (χ4n) is 1.60. The molecule has 0 amide bonds. The second-order valence-electron chi connectivity index (χ2n) is 3.74. The van der Waals surface area contributed by atoms with Crippen LogP contribution in [-0.2, 0) is 0 Å². The van der Waals surface area contributed by atoms with Crippen LogP contribution in [0.25, 0.3) is 0 Å². The summed E-state index contributed by atoms with van der Waals surface area (Å²) >= 11 is 5.93. The van der Waals surface area contributed by atoms with Gasteiger partial charge in [-0.2, -0.15) is 0 Å². The number of benzene rings is 1. The molecule has 1 aliphatic heterocycles. The van der Waals surface area contributed by atoms with Gasteiger partial charge < -0.3 is 5.32 Å². The predicted molar refractivity (Wildman–Crippen MR) is 59.4 cm³/mol. The Morgan fingerprint density at radius 1 is 1.57 bits per heavy atom. The van der Waals surface area contributed by atoms with E-state index in [4.69, 9.17) is 11.6 Å². The molecule has 0 bridgehead atoms. The Morgan fingerprint density at radius 3 is 2.93 bits per heavy atom.